The van der Waals surface area contributed by atoms with Crippen LogP contribution >= 0.6 is 0 Å². The van der Waals surface area contributed by atoms with Crippen LogP contribution in [0.3, 0.4) is 0 Å². The quantitative estimate of drug-likeness (QED) is 0.299. The van der Waals surface area contributed by atoms with Crippen molar-refractivity contribution < 1.29 is 9.53 Å². The molecule has 3 nitrogen and oxygen atoms in total. The van der Waals surface area contributed by atoms with E-state index in [2.05, 4.69) is 31.1 Å². The second-order valence-electron chi connectivity index (χ2n) is 6.70. The summed E-state index contributed by atoms with van der Waals surface area (Å²) in [5.41, 5.74) is 10.3. The van der Waals surface area contributed by atoms with Gasteiger partial charge >= 0.3 is 5.97 Å². The standard InChI is InChI=1S/C16H21NO2Si/c1-16(8-9-16)15(18)19-13-5-6-14(17)12(11-13)7-10-20(2,3)4/h5-6,11H,8-9,17H2,1-4H3. The summed E-state index contributed by atoms with van der Waals surface area (Å²) in [5, 5.41) is 0. The fourth-order valence-electron chi connectivity index (χ4n) is 1.58. The number of esters is 1. The largest absolute Gasteiger partial charge is 0.426 e. The summed E-state index contributed by atoms with van der Waals surface area (Å²) in [4.78, 5) is 11.9. The van der Waals surface area contributed by atoms with E-state index in [1.807, 2.05) is 6.92 Å². The lowest BCUT2D eigenvalue weighted by atomic mass is 10.1. The number of nitrogen functional groups attached to an aromatic ring is 1. The van der Waals surface area contributed by atoms with E-state index in [0.717, 1.165) is 18.4 Å². The number of ether oxygens (including phenoxy) is 1. The van der Waals surface area contributed by atoms with Crippen LogP contribution in [0.15, 0.2) is 18.2 Å². The van der Waals surface area contributed by atoms with Gasteiger partial charge in [0.15, 0.2) is 0 Å². The van der Waals surface area contributed by atoms with Crippen LogP contribution in [0.4, 0.5) is 5.69 Å². The van der Waals surface area contributed by atoms with Gasteiger partial charge in [0.1, 0.15) is 13.8 Å². The highest BCUT2D eigenvalue weighted by atomic mass is 28.3. The predicted octanol–water partition coefficient (Wildman–Crippen LogP) is 3.20. The Bertz CT molecular complexity index is 601. The van der Waals surface area contributed by atoms with Crippen LogP contribution in [-0.2, 0) is 4.79 Å². The third-order valence-electron chi connectivity index (χ3n) is 3.30. The Morgan fingerprint density at radius 3 is 2.55 bits per heavy atom. The summed E-state index contributed by atoms with van der Waals surface area (Å²) >= 11 is 0. The number of hydrogen-bond acceptors (Lipinski definition) is 3. The molecule has 1 aliphatic carbocycles. The van der Waals surface area contributed by atoms with Crippen molar-refractivity contribution in [2.24, 2.45) is 5.41 Å². The minimum atomic E-state index is -1.46. The van der Waals surface area contributed by atoms with Crippen LogP contribution in [0, 0.1) is 16.9 Å². The third kappa shape index (κ3) is 3.64. The first kappa shape index (κ1) is 14.7. The van der Waals surface area contributed by atoms with E-state index in [9.17, 15) is 4.79 Å². The lowest BCUT2D eigenvalue weighted by molar-refractivity contribution is -0.139. The highest BCUT2D eigenvalue weighted by molar-refractivity contribution is 6.83. The van der Waals surface area contributed by atoms with Gasteiger partial charge in [-0.15, -0.1) is 5.54 Å². The monoisotopic (exact) mass is 287 g/mol. The van der Waals surface area contributed by atoms with Gasteiger partial charge in [0, 0.05) is 5.69 Å². The molecule has 0 aromatic heterocycles. The number of carbonyl (C=O) groups is 1. The van der Waals surface area contributed by atoms with Crippen molar-refractivity contribution in [1.29, 1.82) is 0 Å². The lowest BCUT2D eigenvalue weighted by Gasteiger charge is -2.10. The molecule has 1 saturated carbocycles. The highest BCUT2D eigenvalue weighted by Gasteiger charge is 2.46. The first-order valence-corrected chi connectivity index (χ1v) is 10.3. The van der Waals surface area contributed by atoms with Crippen LogP contribution in [0.5, 0.6) is 5.75 Å². The summed E-state index contributed by atoms with van der Waals surface area (Å²) in [6, 6.07) is 5.22. The van der Waals surface area contributed by atoms with E-state index in [-0.39, 0.29) is 11.4 Å². The van der Waals surface area contributed by atoms with Gasteiger partial charge in [-0.25, -0.2) is 0 Å². The van der Waals surface area contributed by atoms with Crippen LogP contribution in [-0.4, -0.2) is 14.0 Å². The minimum absolute atomic E-state index is 0.161. The maximum absolute atomic E-state index is 11.9. The fraction of sp³-hybridized carbons (Fsp3) is 0.438. The molecule has 0 amide bonds. The molecule has 2 N–H and O–H groups in total. The Hall–Kier alpha value is -1.73. The number of hydrogen-bond donors (Lipinski definition) is 1. The molecule has 106 valence electrons. The zero-order valence-electron chi connectivity index (χ0n) is 12.5. The normalized spacial score (nSPS) is 16.0. The van der Waals surface area contributed by atoms with Crippen LogP contribution < -0.4 is 10.5 Å². The SMILES string of the molecule is CC1(C(=O)Oc2ccc(N)c(C#C[Si](C)(C)C)c2)CC1. The third-order valence-corrected chi connectivity index (χ3v) is 4.18. The van der Waals surface area contributed by atoms with Gasteiger partial charge in [-0.1, -0.05) is 25.6 Å². The fourth-order valence-corrected chi connectivity index (χ4v) is 2.09. The van der Waals surface area contributed by atoms with Crippen molar-refractivity contribution in [3.05, 3.63) is 23.8 Å². The van der Waals surface area contributed by atoms with Crippen molar-refractivity contribution in [3.63, 3.8) is 0 Å². The van der Waals surface area contributed by atoms with Crippen LogP contribution in [0.1, 0.15) is 25.3 Å². The molecule has 4 heteroatoms. The number of anilines is 1. The van der Waals surface area contributed by atoms with E-state index in [1.165, 1.54) is 0 Å². The van der Waals surface area contributed by atoms with Gasteiger partial charge in [-0.2, -0.15) is 0 Å². The Morgan fingerprint density at radius 2 is 2.00 bits per heavy atom. The van der Waals surface area contributed by atoms with Crippen molar-refractivity contribution >= 4 is 19.7 Å². The molecule has 0 saturated heterocycles. The Kier molecular flexibility index (Phi) is 3.66. The second kappa shape index (κ2) is 4.99. The van der Waals surface area contributed by atoms with Gasteiger partial charge in [-0.05, 0) is 38.0 Å². The van der Waals surface area contributed by atoms with Crippen molar-refractivity contribution in [1.82, 2.24) is 0 Å². The van der Waals surface area contributed by atoms with Gasteiger partial charge in [0.25, 0.3) is 0 Å². The van der Waals surface area contributed by atoms with E-state index in [4.69, 9.17) is 10.5 Å². The second-order valence-corrected chi connectivity index (χ2v) is 11.4. The molecule has 2 rings (SSSR count). The number of carbonyl (C=O) groups excluding carboxylic acids is 1. The molecule has 0 radical (unpaired) electrons. The molecule has 0 bridgehead atoms. The average molecular weight is 287 g/mol. The first-order valence-electron chi connectivity index (χ1n) is 6.85. The van der Waals surface area contributed by atoms with Crippen molar-refractivity contribution in [2.45, 2.75) is 39.4 Å². The molecule has 1 fully saturated rings. The molecule has 0 spiro atoms. The van der Waals surface area contributed by atoms with Crippen LogP contribution in [0.2, 0.25) is 19.6 Å². The van der Waals surface area contributed by atoms with Gasteiger partial charge in [-0.3, -0.25) is 4.79 Å². The summed E-state index contributed by atoms with van der Waals surface area (Å²) in [7, 11) is -1.46. The average Bonchev–Trinajstić information content (AvgIpc) is 3.08. The highest BCUT2D eigenvalue weighted by Crippen LogP contribution is 2.46. The Morgan fingerprint density at radius 1 is 1.35 bits per heavy atom. The molecular weight excluding hydrogens is 266 g/mol. The van der Waals surface area contributed by atoms with E-state index in [0.29, 0.717) is 11.4 Å². The number of rotatable bonds is 2. The van der Waals surface area contributed by atoms with Gasteiger partial charge < -0.3 is 10.5 Å². The molecule has 0 atom stereocenters. The van der Waals surface area contributed by atoms with Gasteiger partial charge in [0.05, 0.1) is 11.0 Å². The molecular formula is C16H21NO2Si. The van der Waals surface area contributed by atoms with E-state index < -0.39 is 8.07 Å². The zero-order valence-corrected chi connectivity index (χ0v) is 13.5. The van der Waals surface area contributed by atoms with Crippen LogP contribution in [0.25, 0.3) is 0 Å². The molecule has 20 heavy (non-hydrogen) atoms. The minimum Gasteiger partial charge on any atom is -0.426 e. The summed E-state index contributed by atoms with van der Waals surface area (Å²) in [5.74, 6) is 3.48. The zero-order chi connectivity index (χ0) is 15.0. The van der Waals surface area contributed by atoms with Crippen molar-refractivity contribution in [3.8, 4) is 17.2 Å². The van der Waals surface area contributed by atoms with E-state index >= 15 is 0 Å². The maximum atomic E-state index is 11.9. The van der Waals surface area contributed by atoms with Gasteiger partial charge in [0.2, 0.25) is 0 Å². The lowest BCUT2D eigenvalue weighted by Crippen LogP contribution is -2.18. The predicted molar refractivity (Wildman–Crippen MR) is 84.1 cm³/mol. The summed E-state index contributed by atoms with van der Waals surface area (Å²) in [6.45, 7) is 8.45. The molecule has 0 heterocycles. The molecule has 0 aliphatic heterocycles. The molecule has 1 aromatic carbocycles. The molecule has 1 aliphatic rings. The Labute approximate surface area is 121 Å². The molecule has 1 aromatic rings. The topological polar surface area (TPSA) is 52.3 Å². The maximum Gasteiger partial charge on any atom is 0.317 e. The molecule has 0 unspecified atom stereocenters. The van der Waals surface area contributed by atoms with Crippen molar-refractivity contribution in [2.75, 3.05) is 5.73 Å². The number of nitrogens with two attached hydrogens (primary N) is 1. The van der Waals surface area contributed by atoms with E-state index in [1.54, 1.807) is 18.2 Å². The Balaban J connectivity index is 2.20. The summed E-state index contributed by atoms with van der Waals surface area (Å²) in [6.07, 6.45) is 1.81. The smallest absolute Gasteiger partial charge is 0.317 e. The number of benzene rings is 1. The summed E-state index contributed by atoms with van der Waals surface area (Å²) < 4.78 is 5.42. The first-order chi connectivity index (χ1) is 9.20.